The molecule has 4 atom stereocenters. The molecule has 0 amide bonds. The molecule has 2 rings (SSSR count). The maximum atomic E-state index is 11.8. The van der Waals surface area contributed by atoms with Gasteiger partial charge in [-0.15, -0.1) is 4.52 Å². The van der Waals surface area contributed by atoms with Crippen LogP contribution in [0, 0.1) is 0 Å². The Kier molecular flexibility index (Phi) is 9.53. The number of nitrogens with one attached hydrogen (secondary N) is 1. The van der Waals surface area contributed by atoms with E-state index in [1.54, 1.807) is 6.07 Å². The van der Waals surface area contributed by atoms with Gasteiger partial charge < -0.3 is 25.4 Å². The average Bonchev–Trinajstić information content (AvgIpc) is 2.73. The van der Waals surface area contributed by atoms with Gasteiger partial charge in [0.05, 0.1) is 12.7 Å². The van der Waals surface area contributed by atoms with Crippen molar-refractivity contribution in [2.75, 3.05) is 19.8 Å². The number of benzene rings is 2. The summed E-state index contributed by atoms with van der Waals surface area (Å²) in [7, 11) is -1.72. The molecule has 0 heterocycles. The normalized spacial score (nSPS) is 14.7. The van der Waals surface area contributed by atoms with Crippen LogP contribution in [0.5, 0.6) is 17.2 Å². The van der Waals surface area contributed by atoms with Gasteiger partial charge in [-0.3, -0.25) is 0 Å². The van der Waals surface area contributed by atoms with E-state index in [0.717, 1.165) is 12.0 Å². The second-order valence-corrected chi connectivity index (χ2v) is 8.99. The number of rotatable bonds is 12. The molecule has 0 saturated heterocycles. The fourth-order valence-electron chi connectivity index (χ4n) is 2.86. The molecule has 0 aromatic heterocycles. The highest BCUT2D eigenvalue weighted by Crippen LogP contribution is 2.29. The van der Waals surface area contributed by atoms with Crippen molar-refractivity contribution in [2.45, 2.75) is 45.0 Å². The van der Waals surface area contributed by atoms with Gasteiger partial charge in [0.1, 0.15) is 12.4 Å². The Morgan fingerprint density at radius 1 is 1.07 bits per heavy atom. The summed E-state index contributed by atoms with van der Waals surface area (Å²) >= 11 is 0. The SMILES string of the molecule is CCO[P+](=O)C(C)COc1ccc(CC(C)NCC(O)c2ccc(O)c(O)c2)cc1. The van der Waals surface area contributed by atoms with Crippen LogP contribution in [-0.2, 0) is 15.5 Å². The zero-order valence-corrected chi connectivity index (χ0v) is 18.5. The molecule has 164 valence electrons. The van der Waals surface area contributed by atoms with E-state index in [9.17, 15) is 19.9 Å². The van der Waals surface area contributed by atoms with Gasteiger partial charge in [0.2, 0.25) is 5.66 Å². The van der Waals surface area contributed by atoms with E-state index in [4.69, 9.17) is 9.26 Å². The summed E-state index contributed by atoms with van der Waals surface area (Å²) in [6.07, 6.45) is -0.0274. The van der Waals surface area contributed by atoms with Crippen LogP contribution >= 0.6 is 8.03 Å². The third kappa shape index (κ3) is 7.58. The second-order valence-electron chi connectivity index (χ2n) is 7.28. The predicted octanol–water partition coefficient (Wildman–Crippen LogP) is 3.90. The van der Waals surface area contributed by atoms with E-state index in [1.807, 2.05) is 45.0 Å². The minimum atomic E-state index is -1.72. The van der Waals surface area contributed by atoms with E-state index in [1.165, 1.54) is 12.1 Å². The molecule has 0 bridgehead atoms. The highest BCUT2D eigenvalue weighted by Gasteiger charge is 2.28. The first-order valence-corrected chi connectivity index (χ1v) is 11.3. The molecule has 0 fully saturated rings. The van der Waals surface area contributed by atoms with Crippen molar-refractivity contribution in [1.82, 2.24) is 5.32 Å². The number of aromatic hydroxyl groups is 2. The zero-order chi connectivity index (χ0) is 22.1. The fraction of sp³-hybridized carbons (Fsp3) is 0.455. The van der Waals surface area contributed by atoms with E-state index in [2.05, 4.69) is 5.32 Å². The van der Waals surface area contributed by atoms with Crippen LogP contribution in [0.25, 0.3) is 0 Å². The van der Waals surface area contributed by atoms with Crippen molar-refractivity contribution in [1.29, 1.82) is 0 Å². The summed E-state index contributed by atoms with van der Waals surface area (Å²) in [4.78, 5) is 0. The van der Waals surface area contributed by atoms with Gasteiger partial charge in [0, 0.05) is 12.6 Å². The third-order valence-electron chi connectivity index (χ3n) is 4.62. The lowest BCUT2D eigenvalue weighted by Crippen LogP contribution is -2.32. The Labute approximate surface area is 178 Å². The van der Waals surface area contributed by atoms with Gasteiger partial charge in [0.25, 0.3) is 0 Å². The van der Waals surface area contributed by atoms with Crippen molar-refractivity contribution in [3.63, 3.8) is 0 Å². The molecule has 8 heteroatoms. The lowest BCUT2D eigenvalue weighted by Gasteiger charge is -2.18. The van der Waals surface area contributed by atoms with Gasteiger partial charge in [-0.05, 0) is 67.1 Å². The molecule has 0 aliphatic carbocycles. The molecular weight excluding hydrogens is 405 g/mol. The Morgan fingerprint density at radius 3 is 2.40 bits per heavy atom. The van der Waals surface area contributed by atoms with Crippen molar-refractivity contribution >= 4 is 8.03 Å². The zero-order valence-electron chi connectivity index (χ0n) is 17.6. The standard InChI is InChI=1S/C22H30NO6P/c1-4-29-30(27)16(3)14-28-19-8-5-17(6-9-19)11-15(2)23-13-22(26)18-7-10-20(24)21(25)12-18/h5-10,12,15-16,22-23,26H,4,11,13-14H2,1-3H3,(H-,24,25)/p+1. The molecule has 0 spiro atoms. The molecule has 0 aliphatic heterocycles. The molecule has 2 aromatic rings. The van der Waals surface area contributed by atoms with E-state index >= 15 is 0 Å². The monoisotopic (exact) mass is 436 g/mol. The van der Waals surface area contributed by atoms with Crippen LogP contribution in [0.1, 0.15) is 38.0 Å². The lowest BCUT2D eigenvalue weighted by molar-refractivity contribution is 0.170. The first-order valence-electron chi connectivity index (χ1n) is 10.0. The Hall–Kier alpha value is -2.18. The van der Waals surface area contributed by atoms with E-state index < -0.39 is 14.1 Å². The smallest absolute Gasteiger partial charge is 0.504 e. The maximum absolute atomic E-state index is 11.8. The molecule has 0 saturated carbocycles. The minimum absolute atomic E-state index is 0.118. The average molecular weight is 436 g/mol. The number of ether oxygens (including phenoxy) is 1. The van der Waals surface area contributed by atoms with Gasteiger partial charge in [-0.1, -0.05) is 18.2 Å². The molecule has 0 radical (unpaired) electrons. The van der Waals surface area contributed by atoms with Gasteiger partial charge in [0.15, 0.2) is 11.5 Å². The third-order valence-corrected chi connectivity index (χ3v) is 6.00. The number of phenols is 2. The summed E-state index contributed by atoms with van der Waals surface area (Å²) in [6, 6.07) is 12.1. The van der Waals surface area contributed by atoms with Crippen molar-refractivity contribution in [3.05, 3.63) is 53.6 Å². The van der Waals surface area contributed by atoms with Crippen LogP contribution < -0.4 is 10.1 Å². The molecular formula is C22H31NO6P+. The van der Waals surface area contributed by atoms with Crippen molar-refractivity contribution in [2.24, 2.45) is 0 Å². The van der Waals surface area contributed by atoms with Crippen LogP contribution in [0.3, 0.4) is 0 Å². The summed E-state index contributed by atoms with van der Waals surface area (Å²) in [6.45, 7) is 6.75. The molecule has 4 N–H and O–H groups in total. The maximum Gasteiger partial charge on any atom is 0.514 e. The predicted molar refractivity (Wildman–Crippen MR) is 117 cm³/mol. The van der Waals surface area contributed by atoms with Crippen molar-refractivity contribution < 1.29 is 29.1 Å². The van der Waals surface area contributed by atoms with Gasteiger partial charge >= 0.3 is 8.03 Å². The number of aliphatic hydroxyl groups is 1. The molecule has 0 aliphatic rings. The van der Waals surface area contributed by atoms with E-state index in [0.29, 0.717) is 31.1 Å². The van der Waals surface area contributed by atoms with Gasteiger partial charge in [-0.25, -0.2) is 0 Å². The second kappa shape index (κ2) is 11.9. The van der Waals surface area contributed by atoms with Crippen LogP contribution in [0.2, 0.25) is 0 Å². The van der Waals surface area contributed by atoms with Crippen LogP contribution in [0.4, 0.5) is 0 Å². The highest BCUT2D eigenvalue weighted by molar-refractivity contribution is 7.40. The largest absolute Gasteiger partial charge is 0.514 e. The molecule has 4 unspecified atom stereocenters. The Balaban J connectivity index is 1.77. The summed E-state index contributed by atoms with van der Waals surface area (Å²) in [5, 5.41) is 32.4. The fourth-order valence-corrected chi connectivity index (χ4v) is 3.56. The molecule has 7 nitrogen and oxygen atoms in total. The number of aliphatic hydroxyl groups excluding tert-OH is 1. The first-order chi connectivity index (χ1) is 14.3. The Bertz CT molecular complexity index is 814. The molecule has 30 heavy (non-hydrogen) atoms. The summed E-state index contributed by atoms with van der Waals surface area (Å²) in [5.41, 5.74) is 1.48. The quantitative estimate of drug-likeness (QED) is 0.295. The Morgan fingerprint density at radius 2 is 1.77 bits per heavy atom. The summed E-state index contributed by atoms with van der Waals surface area (Å²) < 4.78 is 22.6. The first kappa shape index (κ1) is 24.1. The topological polar surface area (TPSA) is 108 Å². The van der Waals surface area contributed by atoms with Crippen LogP contribution in [0.15, 0.2) is 42.5 Å². The van der Waals surface area contributed by atoms with E-state index in [-0.39, 0.29) is 23.2 Å². The molecule has 2 aromatic carbocycles. The van der Waals surface area contributed by atoms with Gasteiger partial charge in [-0.2, -0.15) is 0 Å². The minimum Gasteiger partial charge on any atom is -0.504 e. The number of phenolic OH excluding ortho intramolecular Hbond substituents is 2. The lowest BCUT2D eigenvalue weighted by atomic mass is 10.1. The van der Waals surface area contributed by atoms with Crippen molar-refractivity contribution in [3.8, 4) is 17.2 Å². The number of hydrogen-bond acceptors (Lipinski definition) is 7. The highest BCUT2D eigenvalue weighted by atomic mass is 31.1. The number of hydrogen-bond donors (Lipinski definition) is 4. The van der Waals surface area contributed by atoms with Crippen LogP contribution in [-0.4, -0.2) is 46.8 Å². The summed E-state index contributed by atoms with van der Waals surface area (Å²) in [5.74, 6) is 0.256.